The largest absolute Gasteiger partial charge is 0.342 e. The quantitative estimate of drug-likeness (QED) is 0.692. The summed E-state index contributed by atoms with van der Waals surface area (Å²) in [6.45, 7) is 6.77. The van der Waals surface area contributed by atoms with Crippen LogP contribution in [0.3, 0.4) is 0 Å². The number of nitrogens with zero attached hydrogens (tertiary/aromatic N) is 2. The van der Waals surface area contributed by atoms with E-state index in [0.717, 1.165) is 25.9 Å². The Bertz CT molecular complexity index is 425. The first-order valence-electron chi connectivity index (χ1n) is 6.57. The number of sulfone groups is 1. The van der Waals surface area contributed by atoms with Crippen LogP contribution < -0.4 is 0 Å². The first kappa shape index (κ1) is 16.2. The Morgan fingerprint density at radius 3 is 2.47 bits per heavy atom. The van der Waals surface area contributed by atoms with Gasteiger partial charge in [-0.1, -0.05) is 6.08 Å². The minimum absolute atomic E-state index is 0.144. The van der Waals surface area contributed by atoms with E-state index >= 15 is 0 Å². The Kier molecular flexibility index (Phi) is 5.55. The van der Waals surface area contributed by atoms with E-state index in [-0.39, 0.29) is 17.7 Å². The Morgan fingerprint density at radius 1 is 1.47 bits per heavy atom. The fraction of sp³-hybridized carbons (Fsp3) is 0.769. The van der Waals surface area contributed by atoms with Crippen LogP contribution in [0.1, 0.15) is 19.8 Å². The van der Waals surface area contributed by atoms with Gasteiger partial charge in [0.1, 0.15) is 5.25 Å². The molecule has 1 atom stereocenters. The van der Waals surface area contributed by atoms with Gasteiger partial charge in [-0.15, -0.1) is 6.58 Å². The van der Waals surface area contributed by atoms with E-state index in [0.29, 0.717) is 0 Å². The van der Waals surface area contributed by atoms with Gasteiger partial charge in [0.2, 0.25) is 5.91 Å². The standard InChI is InChI=1S/C13H24N2O3S/c1-5-10-19(17,18)11(2)13(16)15(4)12-6-8-14(3)9-7-12/h5,11-12H,1,6-10H2,2-4H3. The summed E-state index contributed by atoms with van der Waals surface area (Å²) < 4.78 is 23.8. The lowest BCUT2D eigenvalue weighted by Crippen LogP contribution is -2.49. The zero-order valence-corrected chi connectivity index (χ0v) is 12.8. The Labute approximate surface area is 116 Å². The lowest BCUT2D eigenvalue weighted by atomic mass is 10.0. The fourth-order valence-corrected chi connectivity index (χ4v) is 3.40. The number of hydrogen-bond donors (Lipinski definition) is 0. The Hall–Kier alpha value is -0.880. The molecule has 5 nitrogen and oxygen atoms in total. The van der Waals surface area contributed by atoms with Crippen LogP contribution in [0.25, 0.3) is 0 Å². The summed E-state index contributed by atoms with van der Waals surface area (Å²) in [4.78, 5) is 16.1. The van der Waals surface area contributed by atoms with Crippen LogP contribution >= 0.6 is 0 Å². The number of carbonyl (C=O) groups excluding carboxylic acids is 1. The molecule has 19 heavy (non-hydrogen) atoms. The van der Waals surface area contributed by atoms with Crippen LogP contribution in [0.2, 0.25) is 0 Å². The minimum Gasteiger partial charge on any atom is -0.342 e. The highest BCUT2D eigenvalue weighted by molar-refractivity contribution is 7.92. The van der Waals surface area contributed by atoms with Crippen molar-refractivity contribution in [3.05, 3.63) is 12.7 Å². The first-order chi connectivity index (χ1) is 8.79. The van der Waals surface area contributed by atoms with Crippen LogP contribution in [0.4, 0.5) is 0 Å². The third kappa shape index (κ3) is 4.04. The van der Waals surface area contributed by atoms with Gasteiger partial charge >= 0.3 is 0 Å². The molecule has 0 aromatic rings. The maximum atomic E-state index is 12.2. The Balaban J connectivity index is 2.69. The van der Waals surface area contributed by atoms with Crippen LogP contribution in [-0.4, -0.2) is 68.4 Å². The molecule has 0 spiro atoms. The molecule has 1 heterocycles. The molecule has 1 fully saturated rings. The number of piperidine rings is 1. The summed E-state index contributed by atoms with van der Waals surface area (Å²) in [6, 6.07) is 0.144. The van der Waals surface area contributed by atoms with Crippen molar-refractivity contribution in [3.63, 3.8) is 0 Å². The molecule has 0 radical (unpaired) electrons. The monoisotopic (exact) mass is 288 g/mol. The summed E-state index contributed by atoms with van der Waals surface area (Å²) >= 11 is 0. The predicted molar refractivity (Wildman–Crippen MR) is 76.7 cm³/mol. The van der Waals surface area contributed by atoms with Gasteiger partial charge in [-0.3, -0.25) is 4.79 Å². The number of carbonyl (C=O) groups is 1. The number of likely N-dealkylation sites (tertiary alicyclic amines) is 1. The molecule has 1 amide bonds. The van der Waals surface area contributed by atoms with Gasteiger partial charge in [0.05, 0.1) is 5.75 Å². The second kappa shape index (κ2) is 6.52. The molecule has 0 aromatic heterocycles. The van der Waals surface area contributed by atoms with E-state index in [4.69, 9.17) is 0 Å². The minimum atomic E-state index is -3.42. The van der Waals surface area contributed by atoms with Crippen molar-refractivity contribution in [1.29, 1.82) is 0 Å². The first-order valence-corrected chi connectivity index (χ1v) is 8.28. The summed E-state index contributed by atoms with van der Waals surface area (Å²) in [6.07, 6.45) is 3.12. The third-order valence-electron chi connectivity index (χ3n) is 3.82. The van der Waals surface area contributed by atoms with Crippen LogP contribution in [0.5, 0.6) is 0 Å². The molecule has 0 aliphatic carbocycles. The molecule has 1 saturated heterocycles. The van der Waals surface area contributed by atoms with Crippen molar-refractivity contribution in [2.75, 3.05) is 32.9 Å². The topological polar surface area (TPSA) is 57.7 Å². The van der Waals surface area contributed by atoms with E-state index in [2.05, 4.69) is 18.5 Å². The van der Waals surface area contributed by atoms with Gasteiger partial charge < -0.3 is 9.80 Å². The van der Waals surface area contributed by atoms with Crippen molar-refractivity contribution < 1.29 is 13.2 Å². The second-order valence-electron chi connectivity index (χ2n) is 5.24. The van der Waals surface area contributed by atoms with E-state index in [9.17, 15) is 13.2 Å². The van der Waals surface area contributed by atoms with E-state index in [1.54, 1.807) is 11.9 Å². The number of hydrogen-bond acceptors (Lipinski definition) is 4. The lowest BCUT2D eigenvalue weighted by molar-refractivity contribution is -0.132. The fourth-order valence-electron chi connectivity index (χ4n) is 2.31. The highest BCUT2D eigenvalue weighted by atomic mass is 32.2. The van der Waals surface area contributed by atoms with Gasteiger partial charge in [-0.2, -0.15) is 0 Å². The maximum Gasteiger partial charge on any atom is 0.240 e. The third-order valence-corrected chi connectivity index (χ3v) is 5.80. The molecule has 0 aromatic carbocycles. The SMILES string of the molecule is C=CCS(=O)(=O)C(C)C(=O)N(C)C1CCN(C)CC1. The predicted octanol–water partition coefficient (Wildman–Crippen LogP) is 0.528. The molecule has 1 aliphatic rings. The van der Waals surface area contributed by atoms with E-state index < -0.39 is 15.1 Å². The molecular formula is C13H24N2O3S. The van der Waals surface area contributed by atoms with Crippen LogP contribution in [0.15, 0.2) is 12.7 Å². The molecule has 1 unspecified atom stereocenters. The average Bonchev–Trinajstić information content (AvgIpc) is 2.37. The highest BCUT2D eigenvalue weighted by Crippen LogP contribution is 2.17. The molecule has 110 valence electrons. The average molecular weight is 288 g/mol. The van der Waals surface area contributed by atoms with Crippen molar-refractivity contribution in [3.8, 4) is 0 Å². The molecule has 1 rings (SSSR count). The highest BCUT2D eigenvalue weighted by Gasteiger charge is 2.32. The normalized spacial score (nSPS) is 19.9. The summed E-state index contributed by atoms with van der Waals surface area (Å²) in [7, 11) is 0.334. The Morgan fingerprint density at radius 2 is 2.00 bits per heavy atom. The van der Waals surface area contributed by atoms with Crippen LogP contribution in [0, 0.1) is 0 Å². The van der Waals surface area contributed by atoms with Gasteiger partial charge in [0, 0.05) is 13.1 Å². The molecule has 0 bridgehead atoms. The van der Waals surface area contributed by atoms with Crippen molar-refractivity contribution in [2.24, 2.45) is 0 Å². The van der Waals surface area contributed by atoms with Gasteiger partial charge in [0.25, 0.3) is 0 Å². The summed E-state index contributed by atoms with van der Waals surface area (Å²) in [5.41, 5.74) is 0. The molecule has 6 heteroatoms. The molecule has 1 aliphatic heterocycles. The van der Waals surface area contributed by atoms with Crippen molar-refractivity contribution in [1.82, 2.24) is 9.80 Å². The van der Waals surface area contributed by atoms with Gasteiger partial charge in [0.15, 0.2) is 9.84 Å². The number of rotatable bonds is 5. The van der Waals surface area contributed by atoms with Gasteiger partial charge in [-0.25, -0.2) is 8.42 Å². The molecule has 0 N–H and O–H groups in total. The van der Waals surface area contributed by atoms with Crippen molar-refractivity contribution in [2.45, 2.75) is 31.1 Å². The molecular weight excluding hydrogens is 264 g/mol. The lowest BCUT2D eigenvalue weighted by Gasteiger charge is -2.36. The zero-order valence-electron chi connectivity index (χ0n) is 12.0. The van der Waals surface area contributed by atoms with Crippen LogP contribution in [-0.2, 0) is 14.6 Å². The maximum absolute atomic E-state index is 12.2. The van der Waals surface area contributed by atoms with E-state index in [1.165, 1.54) is 13.0 Å². The summed E-state index contributed by atoms with van der Waals surface area (Å²) in [5, 5.41) is -0.991. The second-order valence-corrected chi connectivity index (χ2v) is 7.61. The number of amides is 1. The summed E-state index contributed by atoms with van der Waals surface area (Å²) in [5.74, 6) is -0.461. The molecule has 0 saturated carbocycles. The smallest absolute Gasteiger partial charge is 0.240 e. The zero-order chi connectivity index (χ0) is 14.6. The van der Waals surface area contributed by atoms with E-state index in [1.807, 2.05) is 0 Å². The van der Waals surface area contributed by atoms with Crippen molar-refractivity contribution >= 4 is 15.7 Å². The van der Waals surface area contributed by atoms with Gasteiger partial charge in [-0.05, 0) is 39.9 Å².